The van der Waals surface area contributed by atoms with E-state index in [1.165, 1.54) is 11.1 Å². The highest BCUT2D eigenvalue weighted by Crippen LogP contribution is 2.37. The Balaban J connectivity index is 1.77. The van der Waals surface area contributed by atoms with Crippen LogP contribution >= 0.6 is 0 Å². The molecule has 2 rings (SSSR count). The zero-order valence-corrected chi connectivity index (χ0v) is 18.0. The number of aliphatic carboxylic acids is 1. The van der Waals surface area contributed by atoms with Gasteiger partial charge < -0.3 is 20.5 Å². The number of rotatable bonds is 13. The second kappa shape index (κ2) is 12.7. The van der Waals surface area contributed by atoms with Crippen molar-refractivity contribution in [3.63, 3.8) is 0 Å². The lowest BCUT2D eigenvalue weighted by molar-refractivity contribution is -0.137. The van der Waals surface area contributed by atoms with Crippen LogP contribution in [0.25, 0.3) is 0 Å². The van der Waals surface area contributed by atoms with Gasteiger partial charge >= 0.3 is 5.97 Å². The third kappa shape index (κ3) is 8.07. The van der Waals surface area contributed by atoms with Gasteiger partial charge in [-0.05, 0) is 56.9 Å². The summed E-state index contributed by atoms with van der Waals surface area (Å²) in [6.45, 7) is 2.06. The van der Waals surface area contributed by atoms with Gasteiger partial charge in [0.2, 0.25) is 0 Å². The Kier molecular flexibility index (Phi) is 10.3. The molecule has 4 N–H and O–H groups in total. The number of benzene rings is 1. The first-order valence-electron chi connectivity index (χ1n) is 11.2. The zero-order chi connectivity index (χ0) is 21.9. The van der Waals surface area contributed by atoms with E-state index in [4.69, 9.17) is 5.11 Å². The smallest absolute Gasteiger partial charge is 0.303 e. The molecule has 6 heteroatoms. The molecule has 168 valence electrons. The number of unbranched alkanes of at least 4 members (excludes halogenated alkanes) is 3. The number of aliphatic hydroxyl groups is 2. The summed E-state index contributed by atoms with van der Waals surface area (Å²) in [6.07, 6.45) is 6.77. The maximum Gasteiger partial charge on any atom is 0.303 e. The van der Waals surface area contributed by atoms with Crippen LogP contribution in [0.2, 0.25) is 0 Å². The van der Waals surface area contributed by atoms with Crippen molar-refractivity contribution in [1.82, 2.24) is 0 Å². The average molecular weight is 420 g/mol. The molecule has 0 amide bonds. The van der Waals surface area contributed by atoms with Crippen molar-refractivity contribution in [1.29, 1.82) is 0 Å². The minimum Gasteiger partial charge on any atom is -0.481 e. The highest BCUT2D eigenvalue weighted by molar-refractivity contribution is 5.89. The van der Waals surface area contributed by atoms with E-state index in [1.807, 2.05) is 6.07 Å². The van der Waals surface area contributed by atoms with Crippen LogP contribution in [0, 0.1) is 18.8 Å². The molecule has 0 saturated heterocycles. The summed E-state index contributed by atoms with van der Waals surface area (Å²) in [5, 5.41) is 42.4. The van der Waals surface area contributed by atoms with Gasteiger partial charge in [0.1, 0.15) is 0 Å². The maximum absolute atomic E-state index is 10.6. The minimum atomic E-state index is -0.758. The monoisotopic (exact) mass is 419 g/mol. The van der Waals surface area contributed by atoms with Gasteiger partial charge in [0, 0.05) is 18.8 Å². The Labute approximate surface area is 179 Å². The molecule has 30 heavy (non-hydrogen) atoms. The molecule has 1 fully saturated rings. The van der Waals surface area contributed by atoms with Gasteiger partial charge in [0.15, 0.2) is 0 Å². The third-order valence-corrected chi connectivity index (χ3v) is 6.32. The second-order valence-electron chi connectivity index (χ2n) is 8.74. The van der Waals surface area contributed by atoms with Crippen LogP contribution in [-0.2, 0) is 11.2 Å². The first-order chi connectivity index (χ1) is 14.4. The molecule has 1 aliphatic carbocycles. The van der Waals surface area contributed by atoms with E-state index in [2.05, 4.69) is 30.3 Å². The van der Waals surface area contributed by atoms with Crippen molar-refractivity contribution < 1.29 is 25.3 Å². The van der Waals surface area contributed by atoms with Crippen LogP contribution in [-0.4, -0.2) is 44.4 Å². The fraction of sp³-hybridized carbons (Fsp3) is 0.667. The molecule has 0 bridgehead atoms. The number of aliphatic hydroxyl groups excluding tert-OH is 2. The summed E-state index contributed by atoms with van der Waals surface area (Å²) >= 11 is 0. The number of carbonyl (C=O) groups is 1. The van der Waals surface area contributed by atoms with E-state index >= 15 is 0 Å². The number of hydrogen-bond donors (Lipinski definition) is 4. The summed E-state index contributed by atoms with van der Waals surface area (Å²) in [5.74, 6) is -0.719. The minimum absolute atomic E-state index is 0.00219. The first-order valence-corrected chi connectivity index (χ1v) is 11.2. The van der Waals surface area contributed by atoms with Crippen molar-refractivity contribution in [3.8, 4) is 0 Å². The standard InChI is InChI=1S/C24H37NO5/c1-17-7-6-8-18(15-17)11-12-19(26)13-14-20-21(23(27)16-22(20)25-30)9-4-2-3-5-10-24(28)29/h6-8,15,19-21,23,26-27,30H,2-5,9-14,16H2,1H3,(H,28,29)/b25-22-/t19-,20+,21+,23-/m0/s1. The molecule has 0 radical (unpaired) electrons. The van der Waals surface area contributed by atoms with Gasteiger partial charge in [-0.3, -0.25) is 4.79 Å². The summed E-state index contributed by atoms with van der Waals surface area (Å²) in [5.41, 5.74) is 3.09. The Morgan fingerprint density at radius 3 is 2.63 bits per heavy atom. The van der Waals surface area contributed by atoms with Crippen LogP contribution in [0.4, 0.5) is 0 Å². The number of nitrogens with zero attached hydrogens (tertiary/aromatic N) is 1. The van der Waals surface area contributed by atoms with Crippen molar-refractivity contribution in [2.24, 2.45) is 17.0 Å². The number of oxime groups is 1. The molecular weight excluding hydrogens is 382 g/mol. The SMILES string of the molecule is Cc1cccc(CC[C@H](O)CC[C@H]2/C(=N\O)C[C@H](O)[C@@H]2CCCCCCC(=O)O)c1. The number of carboxylic acid groups (broad SMARTS) is 1. The van der Waals surface area contributed by atoms with E-state index in [1.54, 1.807) is 0 Å². The van der Waals surface area contributed by atoms with Gasteiger partial charge in [0.25, 0.3) is 0 Å². The molecule has 0 unspecified atom stereocenters. The molecule has 1 aliphatic rings. The first kappa shape index (κ1) is 24.4. The Morgan fingerprint density at radius 1 is 1.17 bits per heavy atom. The predicted molar refractivity (Wildman–Crippen MR) is 117 cm³/mol. The van der Waals surface area contributed by atoms with E-state index in [9.17, 15) is 20.2 Å². The predicted octanol–water partition coefficient (Wildman–Crippen LogP) is 4.32. The molecule has 0 aliphatic heterocycles. The Hall–Kier alpha value is -1.92. The van der Waals surface area contributed by atoms with Gasteiger partial charge in [-0.25, -0.2) is 0 Å². The van der Waals surface area contributed by atoms with Gasteiger partial charge in [-0.15, -0.1) is 0 Å². The molecule has 1 saturated carbocycles. The summed E-state index contributed by atoms with van der Waals surface area (Å²) in [4.78, 5) is 10.6. The fourth-order valence-corrected chi connectivity index (χ4v) is 4.65. The highest BCUT2D eigenvalue weighted by atomic mass is 16.4. The molecule has 0 heterocycles. The number of carboxylic acids is 1. The van der Waals surface area contributed by atoms with Crippen LogP contribution in [0.15, 0.2) is 29.4 Å². The lowest BCUT2D eigenvalue weighted by Gasteiger charge is -2.23. The van der Waals surface area contributed by atoms with Crippen LogP contribution in [0.5, 0.6) is 0 Å². The number of aryl methyl sites for hydroxylation is 2. The van der Waals surface area contributed by atoms with E-state index in [0.29, 0.717) is 37.8 Å². The van der Waals surface area contributed by atoms with Crippen molar-refractivity contribution in [2.45, 2.75) is 89.8 Å². The summed E-state index contributed by atoms with van der Waals surface area (Å²) < 4.78 is 0. The quantitative estimate of drug-likeness (QED) is 0.216. The largest absolute Gasteiger partial charge is 0.481 e. The third-order valence-electron chi connectivity index (χ3n) is 6.32. The molecule has 1 aromatic rings. The molecular formula is C24H37NO5. The molecule has 1 aromatic carbocycles. The van der Waals surface area contributed by atoms with E-state index < -0.39 is 18.2 Å². The topological polar surface area (TPSA) is 110 Å². The lowest BCUT2D eigenvalue weighted by Crippen LogP contribution is -2.22. The van der Waals surface area contributed by atoms with E-state index in [0.717, 1.165) is 32.1 Å². The molecule has 0 spiro atoms. The molecule has 4 atom stereocenters. The van der Waals surface area contributed by atoms with Crippen LogP contribution in [0.1, 0.15) is 75.3 Å². The van der Waals surface area contributed by atoms with E-state index in [-0.39, 0.29) is 18.3 Å². The Bertz CT molecular complexity index is 690. The maximum atomic E-state index is 10.6. The molecule has 0 aromatic heterocycles. The van der Waals surface area contributed by atoms with Crippen molar-refractivity contribution in [2.75, 3.05) is 0 Å². The normalized spacial score (nSPS) is 23.7. The Morgan fingerprint density at radius 2 is 1.93 bits per heavy atom. The summed E-state index contributed by atoms with van der Waals surface area (Å²) in [7, 11) is 0. The van der Waals surface area contributed by atoms with Gasteiger partial charge in [-0.2, -0.15) is 0 Å². The summed E-state index contributed by atoms with van der Waals surface area (Å²) in [6, 6.07) is 8.32. The second-order valence-corrected chi connectivity index (χ2v) is 8.74. The van der Waals surface area contributed by atoms with Gasteiger partial charge in [-0.1, -0.05) is 54.2 Å². The van der Waals surface area contributed by atoms with Gasteiger partial charge in [0.05, 0.1) is 17.9 Å². The van der Waals surface area contributed by atoms with Crippen molar-refractivity contribution in [3.05, 3.63) is 35.4 Å². The fourth-order valence-electron chi connectivity index (χ4n) is 4.65. The van der Waals surface area contributed by atoms with Crippen molar-refractivity contribution >= 4 is 11.7 Å². The lowest BCUT2D eigenvalue weighted by atomic mass is 9.84. The average Bonchev–Trinajstić information content (AvgIpc) is 3.02. The van der Waals surface area contributed by atoms with Crippen LogP contribution in [0.3, 0.4) is 0 Å². The van der Waals surface area contributed by atoms with Crippen LogP contribution < -0.4 is 0 Å². The highest BCUT2D eigenvalue weighted by Gasteiger charge is 2.39. The number of hydrogen-bond acceptors (Lipinski definition) is 5. The zero-order valence-electron chi connectivity index (χ0n) is 18.0. The molecule has 6 nitrogen and oxygen atoms in total.